The first-order chi connectivity index (χ1) is 11.7. The fourth-order valence-electron chi connectivity index (χ4n) is 2.92. The lowest BCUT2D eigenvalue weighted by atomic mass is 10.1. The van der Waals surface area contributed by atoms with Crippen molar-refractivity contribution in [2.24, 2.45) is 4.99 Å². The topological polar surface area (TPSA) is 52.6 Å². The third-order valence-corrected chi connectivity index (χ3v) is 5.02. The summed E-state index contributed by atoms with van der Waals surface area (Å²) < 4.78 is 0. The van der Waals surface area contributed by atoms with E-state index in [1.165, 1.54) is 18.6 Å². The van der Waals surface area contributed by atoms with Crippen LogP contribution in [0.25, 0.3) is 0 Å². The molecule has 0 atom stereocenters. The first kappa shape index (κ1) is 18.9. The van der Waals surface area contributed by atoms with Gasteiger partial charge >= 0.3 is 0 Å². The number of pyridine rings is 1. The Labute approximate surface area is 150 Å². The van der Waals surface area contributed by atoms with E-state index in [1.54, 1.807) is 0 Å². The normalized spacial score (nSPS) is 16.3. The second kappa shape index (κ2) is 10.4. The third-order valence-electron chi connectivity index (χ3n) is 4.32. The second-order valence-electron chi connectivity index (χ2n) is 6.24. The predicted octanol–water partition coefficient (Wildman–Crippen LogP) is 2.67. The molecule has 24 heavy (non-hydrogen) atoms. The minimum absolute atomic E-state index is 0.489. The molecule has 0 bridgehead atoms. The third kappa shape index (κ3) is 6.23. The van der Waals surface area contributed by atoms with Gasteiger partial charge in [-0.1, -0.05) is 6.07 Å². The minimum Gasteiger partial charge on any atom is -0.356 e. The van der Waals surface area contributed by atoms with E-state index in [0.29, 0.717) is 6.04 Å². The summed E-state index contributed by atoms with van der Waals surface area (Å²) in [5.74, 6) is 3.27. The van der Waals surface area contributed by atoms with Gasteiger partial charge in [0, 0.05) is 38.4 Å². The van der Waals surface area contributed by atoms with Crippen LogP contribution in [0.15, 0.2) is 23.2 Å². The number of piperidine rings is 1. The smallest absolute Gasteiger partial charge is 0.191 e. The molecule has 6 heteroatoms. The van der Waals surface area contributed by atoms with E-state index in [2.05, 4.69) is 43.9 Å². The first-order valence-electron chi connectivity index (χ1n) is 8.87. The van der Waals surface area contributed by atoms with Gasteiger partial charge in [-0.2, -0.15) is 11.8 Å². The maximum Gasteiger partial charge on any atom is 0.191 e. The molecule has 1 aromatic heterocycles. The Kier molecular flexibility index (Phi) is 8.22. The minimum atomic E-state index is 0.489. The SMILES string of the molecule is CN=C(NCCCCSC)NC1CCN(c2cccc(C)n2)CC1. The fourth-order valence-corrected chi connectivity index (χ4v) is 3.42. The molecule has 1 aliphatic heterocycles. The molecule has 0 aromatic carbocycles. The molecule has 0 radical (unpaired) electrons. The summed E-state index contributed by atoms with van der Waals surface area (Å²) in [7, 11) is 1.85. The zero-order valence-electron chi connectivity index (χ0n) is 15.2. The van der Waals surface area contributed by atoms with Crippen LogP contribution >= 0.6 is 11.8 Å². The molecule has 2 rings (SSSR count). The molecule has 1 aromatic rings. The quantitative estimate of drug-likeness (QED) is 0.450. The summed E-state index contributed by atoms with van der Waals surface area (Å²) in [6.07, 6.45) is 6.84. The number of nitrogens with one attached hydrogen (secondary N) is 2. The summed E-state index contributed by atoms with van der Waals surface area (Å²) in [6.45, 7) is 5.12. The Hall–Kier alpha value is -1.43. The largest absolute Gasteiger partial charge is 0.356 e. The Morgan fingerprint density at radius 2 is 2.12 bits per heavy atom. The lowest BCUT2D eigenvalue weighted by molar-refractivity contribution is 0.459. The van der Waals surface area contributed by atoms with Gasteiger partial charge in [0.1, 0.15) is 5.82 Å². The average Bonchev–Trinajstić information content (AvgIpc) is 2.61. The summed E-state index contributed by atoms with van der Waals surface area (Å²) in [4.78, 5) is 11.4. The van der Waals surface area contributed by atoms with Crippen molar-refractivity contribution < 1.29 is 0 Å². The van der Waals surface area contributed by atoms with E-state index in [0.717, 1.165) is 49.9 Å². The first-order valence-corrected chi connectivity index (χ1v) is 10.3. The lowest BCUT2D eigenvalue weighted by Gasteiger charge is -2.34. The number of aromatic nitrogens is 1. The van der Waals surface area contributed by atoms with Gasteiger partial charge in [0.15, 0.2) is 5.96 Å². The number of unbranched alkanes of at least 4 members (excludes halogenated alkanes) is 1. The summed E-state index contributed by atoms with van der Waals surface area (Å²) in [6, 6.07) is 6.73. The van der Waals surface area contributed by atoms with Gasteiger partial charge in [-0.05, 0) is 56.7 Å². The van der Waals surface area contributed by atoms with Gasteiger partial charge in [0.2, 0.25) is 0 Å². The summed E-state index contributed by atoms with van der Waals surface area (Å²) >= 11 is 1.91. The molecule has 0 unspecified atom stereocenters. The molecule has 1 aliphatic rings. The molecular formula is C18H31N5S. The fraction of sp³-hybridized carbons (Fsp3) is 0.667. The van der Waals surface area contributed by atoms with Crippen molar-refractivity contribution in [2.45, 2.75) is 38.6 Å². The number of guanidine groups is 1. The number of anilines is 1. The summed E-state index contributed by atoms with van der Waals surface area (Å²) in [5.41, 5.74) is 1.08. The van der Waals surface area contributed by atoms with Crippen molar-refractivity contribution in [1.29, 1.82) is 0 Å². The van der Waals surface area contributed by atoms with Crippen LogP contribution in [0.3, 0.4) is 0 Å². The zero-order valence-corrected chi connectivity index (χ0v) is 16.0. The summed E-state index contributed by atoms with van der Waals surface area (Å²) in [5, 5.41) is 7.00. The van der Waals surface area contributed by atoms with E-state index < -0.39 is 0 Å². The van der Waals surface area contributed by atoms with Gasteiger partial charge in [-0.3, -0.25) is 4.99 Å². The Morgan fingerprint density at radius 1 is 1.33 bits per heavy atom. The number of aryl methyl sites for hydroxylation is 1. The maximum absolute atomic E-state index is 4.63. The highest BCUT2D eigenvalue weighted by molar-refractivity contribution is 7.98. The zero-order chi connectivity index (χ0) is 17.2. The number of nitrogens with zero attached hydrogens (tertiary/aromatic N) is 3. The van der Waals surface area contributed by atoms with Crippen molar-refractivity contribution in [3.05, 3.63) is 23.9 Å². The van der Waals surface area contributed by atoms with Gasteiger partial charge in [0.05, 0.1) is 0 Å². The lowest BCUT2D eigenvalue weighted by Crippen LogP contribution is -2.49. The van der Waals surface area contributed by atoms with Crippen molar-refractivity contribution in [3.63, 3.8) is 0 Å². The number of hydrogen-bond acceptors (Lipinski definition) is 4. The van der Waals surface area contributed by atoms with Gasteiger partial charge in [0.25, 0.3) is 0 Å². The maximum atomic E-state index is 4.63. The van der Waals surface area contributed by atoms with Crippen LogP contribution in [0.5, 0.6) is 0 Å². The van der Waals surface area contributed by atoms with Gasteiger partial charge < -0.3 is 15.5 Å². The predicted molar refractivity (Wildman–Crippen MR) is 106 cm³/mol. The average molecular weight is 350 g/mol. The molecule has 0 saturated carbocycles. The van der Waals surface area contributed by atoms with E-state index in [1.807, 2.05) is 31.8 Å². The van der Waals surface area contributed by atoms with Crippen LogP contribution in [-0.2, 0) is 0 Å². The molecule has 1 saturated heterocycles. The van der Waals surface area contributed by atoms with Crippen molar-refractivity contribution >= 4 is 23.5 Å². The highest BCUT2D eigenvalue weighted by Gasteiger charge is 2.20. The van der Waals surface area contributed by atoms with Crippen molar-refractivity contribution in [2.75, 3.05) is 43.6 Å². The van der Waals surface area contributed by atoms with Crippen LogP contribution in [0.2, 0.25) is 0 Å². The van der Waals surface area contributed by atoms with Crippen LogP contribution in [0.1, 0.15) is 31.4 Å². The molecule has 0 amide bonds. The van der Waals surface area contributed by atoms with Crippen LogP contribution in [-0.4, -0.2) is 55.7 Å². The monoisotopic (exact) mass is 349 g/mol. The highest BCUT2D eigenvalue weighted by atomic mass is 32.2. The molecule has 134 valence electrons. The van der Waals surface area contributed by atoms with Crippen LogP contribution in [0.4, 0.5) is 5.82 Å². The van der Waals surface area contributed by atoms with E-state index >= 15 is 0 Å². The molecule has 0 aliphatic carbocycles. The van der Waals surface area contributed by atoms with E-state index in [9.17, 15) is 0 Å². The van der Waals surface area contributed by atoms with Crippen LogP contribution in [0, 0.1) is 6.92 Å². The standard InChI is InChI=1S/C18H31N5S/c1-15-7-6-8-17(21-15)23-12-9-16(10-13-23)22-18(19-2)20-11-4-5-14-24-3/h6-8,16H,4-5,9-14H2,1-3H3,(H2,19,20,22). The van der Waals surface area contributed by atoms with E-state index in [-0.39, 0.29) is 0 Å². The molecule has 1 fully saturated rings. The molecule has 2 N–H and O–H groups in total. The van der Waals surface area contributed by atoms with Gasteiger partial charge in [-0.15, -0.1) is 0 Å². The van der Waals surface area contributed by atoms with Gasteiger partial charge in [-0.25, -0.2) is 4.98 Å². The molecular weight excluding hydrogens is 318 g/mol. The van der Waals surface area contributed by atoms with Crippen molar-refractivity contribution in [1.82, 2.24) is 15.6 Å². The Bertz CT molecular complexity index is 512. The second-order valence-corrected chi connectivity index (χ2v) is 7.23. The highest BCUT2D eigenvalue weighted by Crippen LogP contribution is 2.18. The number of hydrogen-bond donors (Lipinski definition) is 2. The Morgan fingerprint density at radius 3 is 2.79 bits per heavy atom. The number of rotatable bonds is 7. The number of thioether (sulfide) groups is 1. The number of aliphatic imine (C=N–C) groups is 1. The van der Waals surface area contributed by atoms with Crippen molar-refractivity contribution in [3.8, 4) is 0 Å². The molecule has 2 heterocycles. The Balaban J connectivity index is 1.71. The van der Waals surface area contributed by atoms with Crippen LogP contribution < -0.4 is 15.5 Å². The molecule has 0 spiro atoms. The molecule has 5 nitrogen and oxygen atoms in total. The van der Waals surface area contributed by atoms with E-state index in [4.69, 9.17) is 0 Å².